The number of amides is 1. The lowest BCUT2D eigenvalue weighted by atomic mass is 10.2. The Kier molecular flexibility index (Phi) is 3.84. The average Bonchev–Trinajstić information content (AvgIpc) is 2.87. The second-order valence-corrected chi connectivity index (χ2v) is 5.62. The summed E-state index contributed by atoms with van der Waals surface area (Å²) < 4.78 is 6.07. The first kappa shape index (κ1) is 11.9. The van der Waals surface area contributed by atoms with Crippen molar-refractivity contribution >= 4 is 28.8 Å². The van der Waals surface area contributed by atoms with E-state index in [4.69, 9.17) is 16.3 Å². The van der Waals surface area contributed by atoms with Crippen molar-refractivity contribution in [1.29, 1.82) is 0 Å². The second kappa shape index (κ2) is 5.17. The summed E-state index contributed by atoms with van der Waals surface area (Å²) in [6.45, 7) is 2.65. The van der Waals surface area contributed by atoms with Crippen LogP contribution in [0.4, 0.5) is 0 Å². The van der Waals surface area contributed by atoms with E-state index in [1.54, 1.807) is 0 Å². The maximum atomic E-state index is 11.8. The van der Waals surface area contributed by atoms with Crippen LogP contribution in [0.5, 0.6) is 0 Å². The monoisotopic (exact) mass is 259 g/mol. The molecule has 1 saturated heterocycles. The molecule has 1 fully saturated rings. The highest BCUT2D eigenvalue weighted by Gasteiger charge is 2.25. The fourth-order valence-electron chi connectivity index (χ4n) is 1.72. The van der Waals surface area contributed by atoms with E-state index in [9.17, 15) is 4.79 Å². The molecule has 0 radical (unpaired) electrons. The molecule has 0 aliphatic carbocycles. The van der Waals surface area contributed by atoms with E-state index in [1.807, 2.05) is 19.1 Å². The summed E-state index contributed by atoms with van der Waals surface area (Å²) in [4.78, 5) is 12.8. The van der Waals surface area contributed by atoms with E-state index in [-0.39, 0.29) is 18.1 Å². The van der Waals surface area contributed by atoms with E-state index in [1.165, 1.54) is 11.3 Å². The molecule has 1 aliphatic heterocycles. The Morgan fingerprint density at radius 3 is 3.06 bits per heavy atom. The molecule has 2 heterocycles. The quantitative estimate of drug-likeness (QED) is 0.907. The lowest BCUT2D eigenvalue weighted by molar-refractivity contribution is -0.130. The summed E-state index contributed by atoms with van der Waals surface area (Å²) in [6.07, 6.45) is 1.53. The van der Waals surface area contributed by atoms with Crippen molar-refractivity contribution in [3.05, 3.63) is 21.3 Å². The highest BCUT2D eigenvalue weighted by molar-refractivity contribution is 7.16. The first-order valence-corrected chi connectivity index (χ1v) is 6.53. The van der Waals surface area contributed by atoms with Gasteiger partial charge in [0.25, 0.3) is 0 Å². The number of ether oxygens (including phenoxy) is 1. The van der Waals surface area contributed by atoms with Gasteiger partial charge in [0.05, 0.1) is 10.4 Å². The zero-order valence-corrected chi connectivity index (χ0v) is 10.6. The van der Waals surface area contributed by atoms with Gasteiger partial charge in [-0.25, -0.2) is 0 Å². The summed E-state index contributed by atoms with van der Waals surface area (Å²) in [7, 11) is 0. The number of thiophene rings is 1. The van der Waals surface area contributed by atoms with Crippen LogP contribution < -0.4 is 5.32 Å². The summed E-state index contributed by atoms with van der Waals surface area (Å²) in [5.74, 6) is -0.0190. The van der Waals surface area contributed by atoms with Crippen molar-refractivity contribution in [2.75, 3.05) is 6.61 Å². The number of rotatable bonds is 3. The van der Waals surface area contributed by atoms with Gasteiger partial charge in [-0.15, -0.1) is 11.3 Å². The van der Waals surface area contributed by atoms with Crippen LogP contribution in [-0.4, -0.2) is 18.6 Å². The highest BCUT2D eigenvalue weighted by atomic mass is 35.5. The first-order chi connectivity index (χ1) is 7.66. The fourth-order valence-corrected chi connectivity index (χ4v) is 2.79. The molecule has 3 nitrogen and oxygen atoms in total. The second-order valence-electron chi connectivity index (χ2n) is 3.87. The molecule has 2 atom stereocenters. The number of nitrogens with one attached hydrogen (secondary N) is 1. The molecule has 0 bridgehead atoms. The third-order valence-corrected chi connectivity index (χ3v) is 4.02. The zero-order chi connectivity index (χ0) is 11.5. The van der Waals surface area contributed by atoms with Crippen LogP contribution in [-0.2, 0) is 9.53 Å². The third-order valence-electron chi connectivity index (χ3n) is 2.60. The Morgan fingerprint density at radius 2 is 2.50 bits per heavy atom. The van der Waals surface area contributed by atoms with Gasteiger partial charge in [-0.1, -0.05) is 11.6 Å². The van der Waals surface area contributed by atoms with Gasteiger partial charge in [0.2, 0.25) is 5.91 Å². The molecule has 1 N–H and O–H groups in total. The lowest BCUT2D eigenvalue weighted by Gasteiger charge is -2.15. The van der Waals surface area contributed by atoms with Gasteiger partial charge in [-0.2, -0.15) is 0 Å². The SMILES string of the molecule is C[C@@H](NC(=O)[C@H]1CCCO1)c1ccc(Cl)s1. The third kappa shape index (κ3) is 2.75. The summed E-state index contributed by atoms with van der Waals surface area (Å²) >= 11 is 7.34. The minimum Gasteiger partial charge on any atom is -0.368 e. The number of hydrogen-bond acceptors (Lipinski definition) is 3. The smallest absolute Gasteiger partial charge is 0.249 e. The van der Waals surface area contributed by atoms with Crippen molar-refractivity contribution in [2.45, 2.75) is 31.9 Å². The van der Waals surface area contributed by atoms with Crippen LogP contribution in [0.15, 0.2) is 12.1 Å². The van der Waals surface area contributed by atoms with Crippen molar-refractivity contribution in [3.8, 4) is 0 Å². The Hall–Kier alpha value is -0.580. The number of carbonyl (C=O) groups is 1. The van der Waals surface area contributed by atoms with E-state index in [0.717, 1.165) is 22.1 Å². The topological polar surface area (TPSA) is 38.3 Å². The average molecular weight is 260 g/mol. The zero-order valence-electron chi connectivity index (χ0n) is 9.03. The van der Waals surface area contributed by atoms with Gasteiger partial charge >= 0.3 is 0 Å². The Bertz CT molecular complexity index is 374. The van der Waals surface area contributed by atoms with Gasteiger partial charge in [0.15, 0.2) is 0 Å². The molecule has 1 amide bonds. The minimum atomic E-state index is -0.266. The lowest BCUT2D eigenvalue weighted by Crippen LogP contribution is -2.35. The van der Waals surface area contributed by atoms with Crippen molar-refractivity contribution in [1.82, 2.24) is 5.32 Å². The van der Waals surface area contributed by atoms with Gasteiger partial charge in [0, 0.05) is 11.5 Å². The molecule has 0 saturated carbocycles. The van der Waals surface area contributed by atoms with Crippen molar-refractivity contribution < 1.29 is 9.53 Å². The Morgan fingerprint density at radius 1 is 1.69 bits per heavy atom. The molecule has 2 rings (SSSR count). The molecule has 1 aliphatic rings. The van der Waals surface area contributed by atoms with Crippen LogP contribution in [0.2, 0.25) is 4.34 Å². The molecule has 1 aromatic rings. The number of carbonyl (C=O) groups excluding carboxylic acids is 1. The Labute approximate surface area is 104 Å². The van der Waals surface area contributed by atoms with E-state index >= 15 is 0 Å². The number of hydrogen-bond donors (Lipinski definition) is 1. The molecular formula is C11H14ClNO2S. The minimum absolute atomic E-state index is 0.00537. The van der Waals surface area contributed by atoms with E-state index in [0.29, 0.717) is 6.61 Å². The molecule has 16 heavy (non-hydrogen) atoms. The summed E-state index contributed by atoms with van der Waals surface area (Å²) in [5.41, 5.74) is 0. The standard InChI is InChI=1S/C11H14ClNO2S/c1-7(9-4-5-10(12)16-9)13-11(14)8-3-2-6-15-8/h4-5,7-8H,2-3,6H2,1H3,(H,13,14)/t7-,8-/m1/s1. The molecule has 0 aromatic carbocycles. The molecular weight excluding hydrogens is 246 g/mol. The van der Waals surface area contributed by atoms with Crippen LogP contribution in [0.25, 0.3) is 0 Å². The van der Waals surface area contributed by atoms with Crippen LogP contribution >= 0.6 is 22.9 Å². The van der Waals surface area contributed by atoms with Crippen LogP contribution in [0, 0.1) is 0 Å². The van der Waals surface area contributed by atoms with Gasteiger partial charge in [0.1, 0.15) is 6.10 Å². The summed E-state index contributed by atoms with van der Waals surface area (Å²) in [6, 6.07) is 3.78. The van der Waals surface area contributed by atoms with Crippen molar-refractivity contribution in [2.24, 2.45) is 0 Å². The van der Waals surface area contributed by atoms with Gasteiger partial charge in [-0.3, -0.25) is 4.79 Å². The van der Waals surface area contributed by atoms with E-state index in [2.05, 4.69) is 5.32 Å². The molecule has 88 valence electrons. The van der Waals surface area contributed by atoms with Gasteiger partial charge < -0.3 is 10.1 Å². The molecule has 0 unspecified atom stereocenters. The normalized spacial score (nSPS) is 22.0. The van der Waals surface area contributed by atoms with Gasteiger partial charge in [-0.05, 0) is 31.9 Å². The number of halogens is 1. The van der Waals surface area contributed by atoms with E-state index < -0.39 is 0 Å². The molecule has 5 heteroatoms. The molecule has 0 spiro atoms. The predicted octanol–water partition coefficient (Wildman–Crippen LogP) is 2.76. The fraction of sp³-hybridized carbons (Fsp3) is 0.545. The Balaban J connectivity index is 1.91. The van der Waals surface area contributed by atoms with Crippen molar-refractivity contribution in [3.63, 3.8) is 0 Å². The molecule has 1 aromatic heterocycles. The van der Waals surface area contributed by atoms with Crippen LogP contribution in [0.3, 0.4) is 0 Å². The highest BCUT2D eigenvalue weighted by Crippen LogP contribution is 2.27. The predicted molar refractivity (Wildman–Crippen MR) is 64.9 cm³/mol. The summed E-state index contributed by atoms with van der Waals surface area (Å²) in [5, 5.41) is 2.94. The largest absolute Gasteiger partial charge is 0.368 e. The maximum absolute atomic E-state index is 11.8. The maximum Gasteiger partial charge on any atom is 0.249 e. The first-order valence-electron chi connectivity index (χ1n) is 5.34. The van der Waals surface area contributed by atoms with Crippen LogP contribution in [0.1, 0.15) is 30.7 Å².